The van der Waals surface area contributed by atoms with Crippen LogP contribution in [0.2, 0.25) is 0 Å². The van der Waals surface area contributed by atoms with Gasteiger partial charge in [-0.05, 0) is 63.7 Å². The summed E-state index contributed by atoms with van der Waals surface area (Å²) in [6.07, 6.45) is 4.59. The first-order valence-electron chi connectivity index (χ1n) is 10.1. The van der Waals surface area contributed by atoms with Crippen LogP contribution in [0, 0.1) is 6.92 Å². The lowest BCUT2D eigenvalue weighted by molar-refractivity contribution is 0.102. The molecule has 0 atom stereocenters. The van der Waals surface area contributed by atoms with Crippen LogP contribution in [0.1, 0.15) is 41.6 Å². The molecule has 0 aliphatic heterocycles. The molecule has 0 saturated heterocycles. The molecule has 3 amide bonds. The predicted octanol–water partition coefficient (Wildman–Crippen LogP) is 4.24. The molecule has 1 saturated carbocycles. The highest BCUT2D eigenvalue weighted by atomic mass is 16.2. The number of nitrogens with zero attached hydrogens (tertiary/aromatic N) is 1. The van der Waals surface area contributed by atoms with Gasteiger partial charge in [0, 0.05) is 29.0 Å². The summed E-state index contributed by atoms with van der Waals surface area (Å²) in [4.78, 5) is 27.2. The van der Waals surface area contributed by atoms with Gasteiger partial charge in [0.25, 0.3) is 5.91 Å². The molecule has 1 fully saturated rings. The topological polar surface area (TPSA) is 73.5 Å². The lowest BCUT2D eigenvalue weighted by Crippen LogP contribution is -2.51. The van der Waals surface area contributed by atoms with E-state index in [0.29, 0.717) is 23.5 Å². The molecule has 2 aromatic rings. The summed E-state index contributed by atoms with van der Waals surface area (Å²) in [5.41, 5.74) is 2.80. The van der Waals surface area contributed by atoms with E-state index >= 15 is 0 Å². The van der Waals surface area contributed by atoms with Gasteiger partial charge in [0.15, 0.2) is 0 Å². The minimum atomic E-state index is -0.229. The van der Waals surface area contributed by atoms with Gasteiger partial charge in [-0.3, -0.25) is 4.79 Å². The largest absolute Gasteiger partial charge is 0.336 e. The highest BCUT2D eigenvalue weighted by molar-refractivity contribution is 6.05. The van der Waals surface area contributed by atoms with Gasteiger partial charge < -0.3 is 20.9 Å². The van der Waals surface area contributed by atoms with E-state index in [9.17, 15) is 9.59 Å². The Labute approximate surface area is 172 Å². The molecule has 0 aromatic heterocycles. The second-order valence-electron chi connectivity index (χ2n) is 7.93. The fourth-order valence-corrected chi connectivity index (χ4v) is 3.92. The Morgan fingerprint density at radius 1 is 0.931 bits per heavy atom. The van der Waals surface area contributed by atoms with Crippen molar-refractivity contribution in [3.63, 3.8) is 0 Å². The van der Waals surface area contributed by atoms with Crippen LogP contribution in [0.4, 0.5) is 16.2 Å². The van der Waals surface area contributed by atoms with Crippen molar-refractivity contribution < 1.29 is 9.59 Å². The zero-order chi connectivity index (χ0) is 20.9. The van der Waals surface area contributed by atoms with Crippen molar-refractivity contribution in [2.45, 2.75) is 38.1 Å². The number of urea groups is 1. The van der Waals surface area contributed by atoms with E-state index in [0.717, 1.165) is 18.4 Å². The monoisotopic (exact) mass is 394 g/mol. The normalized spacial score (nSPS) is 15.2. The number of hydrogen-bond donors (Lipinski definition) is 3. The lowest BCUT2D eigenvalue weighted by atomic mass is 9.96. The number of rotatable bonds is 6. The summed E-state index contributed by atoms with van der Waals surface area (Å²) in [7, 11) is 4.15. The summed E-state index contributed by atoms with van der Waals surface area (Å²) in [5, 5.41) is 8.87. The van der Waals surface area contributed by atoms with E-state index in [1.165, 1.54) is 12.8 Å². The Morgan fingerprint density at radius 3 is 2.17 bits per heavy atom. The number of hydrogen-bond acceptors (Lipinski definition) is 3. The van der Waals surface area contributed by atoms with E-state index < -0.39 is 0 Å². The summed E-state index contributed by atoms with van der Waals surface area (Å²) in [6.45, 7) is 2.50. The van der Waals surface area contributed by atoms with Crippen LogP contribution in [-0.2, 0) is 0 Å². The average molecular weight is 395 g/mol. The second-order valence-corrected chi connectivity index (χ2v) is 7.93. The number of carbonyl (C=O) groups is 2. The summed E-state index contributed by atoms with van der Waals surface area (Å²) < 4.78 is 0. The molecule has 3 rings (SSSR count). The van der Waals surface area contributed by atoms with Crippen molar-refractivity contribution in [3.05, 3.63) is 59.7 Å². The summed E-state index contributed by atoms with van der Waals surface area (Å²) in [6, 6.07) is 14.3. The zero-order valence-corrected chi connectivity index (χ0v) is 17.4. The second kappa shape index (κ2) is 9.09. The minimum Gasteiger partial charge on any atom is -0.336 e. The third kappa shape index (κ3) is 4.95. The molecule has 6 nitrogen and oxygen atoms in total. The van der Waals surface area contributed by atoms with Gasteiger partial charge in [-0.15, -0.1) is 0 Å². The van der Waals surface area contributed by atoms with Crippen molar-refractivity contribution >= 4 is 23.3 Å². The minimum absolute atomic E-state index is 0.0396. The molecule has 1 aliphatic rings. The van der Waals surface area contributed by atoms with E-state index in [1.54, 1.807) is 12.1 Å². The first-order chi connectivity index (χ1) is 13.9. The first-order valence-corrected chi connectivity index (χ1v) is 10.1. The third-order valence-electron chi connectivity index (χ3n) is 5.93. The van der Waals surface area contributed by atoms with Crippen molar-refractivity contribution in [2.24, 2.45) is 0 Å². The maximum atomic E-state index is 12.5. The predicted molar refractivity (Wildman–Crippen MR) is 117 cm³/mol. The zero-order valence-electron chi connectivity index (χ0n) is 17.4. The maximum Gasteiger partial charge on any atom is 0.319 e. The van der Waals surface area contributed by atoms with Gasteiger partial charge in [0.2, 0.25) is 0 Å². The smallest absolute Gasteiger partial charge is 0.319 e. The van der Waals surface area contributed by atoms with Crippen molar-refractivity contribution in [2.75, 3.05) is 31.3 Å². The Kier molecular flexibility index (Phi) is 6.54. The Balaban J connectivity index is 1.63. The van der Waals surface area contributed by atoms with E-state index in [-0.39, 0.29) is 17.5 Å². The van der Waals surface area contributed by atoms with Crippen LogP contribution in [0.3, 0.4) is 0 Å². The molecule has 0 heterocycles. The van der Waals surface area contributed by atoms with Crippen molar-refractivity contribution in [3.8, 4) is 0 Å². The van der Waals surface area contributed by atoms with Gasteiger partial charge in [-0.25, -0.2) is 4.79 Å². The molecule has 29 heavy (non-hydrogen) atoms. The van der Waals surface area contributed by atoms with Crippen molar-refractivity contribution in [1.82, 2.24) is 10.2 Å². The molecular formula is C23H30N4O2. The van der Waals surface area contributed by atoms with E-state index in [4.69, 9.17) is 0 Å². The fourth-order valence-electron chi connectivity index (χ4n) is 3.92. The molecular weight excluding hydrogens is 364 g/mol. The third-order valence-corrected chi connectivity index (χ3v) is 5.93. The molecule has 0 unspecified atom stereocenters. The van der Waals surface area contributed by atoms with Gasteiger partial charge in [0.05, 0.1) is 0 Å². The molecule has 2 aromatic carbocycles. The lowest BCUT2D eigenvalue weighted by Gasteiger charge is -2.36. The summed E-state index contributed by atoms with van der Waals surface area (Å²) in [5.74, 6) is -0.176. The van der Waals surface area contributed by atoms with E-state index in [1.807, 2.05) is 43.3 Å². The molecule has 6 heteroatoms. The molecule has 1 aliphatic carbocycles. The van der Waals surface area contributed by atoms with E-state index in [2.05, 4.69) is 34.9 Å². The molecule has 0 bridgehead atoms. The Bertz CT molecular complexity index is 858. The molecule has 0 radical (unpaired) electrons. The quantitative estimate of drug-likeness (QED) is 0.686. The summed E-state index contributed by atoms with van der Waals surface area (Å²) >= 11 is 0. The van der Waals surface area contributed by atoms with Gasteiger partial charge >= 0.3 is 6.03 Å². The van der Waals surface area contributed by atoms with Crippen LogP contribution in [0.5, 0.6) is 0 Å². The van der Waals surface area contributed by atoms with Gasteiger partial charge in [-0.1, -0.05) is 37.1 Å². The van der Waals surface area contributed by atoms with Gasteiger partial charge in [0.1, 0.15) is 0 Å². The number of amides is 3. The standard InChI is InChI=1S/C23H30N4O2/c1-17-19(25-21(28)18-10-5-4-6-11-18)12-9-13-20(17)26-22(29)24-16-23(27(2)3)14-7-8-15-23/h4-6,9-13H,7-8,14-16H2,1-3H3,(H,25,28)(H2,24,26,29). The Morgan fingerprint density at radius 2 is 1.55 bits per heavy atom. The highest BCUT2D eigenvalue weighted by Gasteiger charge is 2.36. The van der Waals surface area contributed by atoms with Crippen LogP contribution in [-0.4, -0.2) is 43.0 Å². The average Bonchev–Trinajstić information content (AvgIpc) is 3.20. The first kappa shape index (κ1) is 20.9. The highest BCUT2D eigenvalue weighted by Crippen LogP contribution is 2.33. The number of anilines is 2. The van der Waals surface area contributed by atoms with Gasteiger partial charge in [-0.2, -0.15) is 0 Å². The van der Waals surface area contributed by atoms with Crippen LogP contribution in [0.15, 0.2) is 48.5 Å². The molecule has 3 N–H and O–H groups in total. The molecule has 154 valence electrons. The van der Waals surface area contributed by atoms with Crippen LogP contribution in [0.25, 0.3) is 0 Å². The number of nitrogens with one attached hydrogen (secondary N) is 3. The Hall–Kier alpha value is -2.86. The molecule has 0 spiro atoms. The van der Waals surface area contributed by atoms with Crippen LogP contribution >= 0.6 is 0 Å². The maximum absolute atomic E-state index is 12.5. The number of likely N-dealkylation sites (N-methyl/N-ethyl adjacent to an activating group) is 1. The van der Waals surface area contributed by atoms with Crippen LogP contribution < -0.4 is 16.0 Å². The number of benzene rings is 2. The number of carbonyl (C=O) groups excluding carboxylic acids is 2. The van der Waals surface area contributed by atoms with Crippen molar-refractivity contribution in [1.29, 1.82) is 0 Å². The fraction of sp³-hybridized carbons (Fsp3) is 0.391. The SMILES string of the molecule is Cc1c(NC(=O)NCC2(N(C)C)CCCC2)cccc1NC(=O)c1ccccc1.